The predicted molar refractivity (Wildman–Crippen MR) is 189 cm³/mol. The Balaban J connectivity index is 1.50. The molecule has 12 heteroatoms. The van der Waals surface area contributed by atoms with Gasteiger partial charge in [0.2, 0.25) is 0 Å². The van der Waals surface area contributed by atoms with E-state index in [2.05, 4.69) is 10.3 Å². The first-order chi connectivity index (χ1) is 26.9. The number of ether oxygens (including phenoxy) is 4. The first kappa shape index (κ1) is 29.3. The highest BCUT2D eigenvalue weighted by Gasteiger charge is 2.51. The third-order valence-corrected chi connectivity index (χ3v) is 7.74. The standard InChI is InChI=1S/C40H35N3O9/c1-24-9-15-28(16-10-24)37(45)49-23-31-33(51-38(46)29-17-11-25(2)12-18-29)34(52-39(47)30-19-13-26(3)14-20-30)36(50-31)43-22-21-32(42-40(43)48)41-35(44)27-7-5-4-6-8-27/h4-22,31,33-34,36H,23H2,1-3H3,(H,41,42,44,48)/t31-,33-,34-,36-/m1/s1/i23D2,31D,33D,34D. The van der Waals surface area contributed by atoms with Crippen molar-refractivity contribution in [2.75, 3.05) is 11.9 Å². The van der Waals surface area contributed by atoms with Crippen molar-refractivity contribution in [1.82, 2.24) is 9.55 Å². The number of aromatic nitrogens is 2. The third-order valence-electron chi connectivity index (χ3n) is 7.74. The van der Waals surface area contributed by atoms with Gasteiger partial charge in [-0.05, 0) is 75.4 Å². The monoisotopic (exact) mass is 706 g/mol. The summed E-state index contributed by atoms with van der Waals surface area (Å²) in [6.45, 7) is 1.40. The lowest BCUT2D eigenvalue weighted by atomic mass is 10.1. The number of carbonyl (C=O) groups excluding carboxylic acids is 4. The lowest BCUT2D eigenvalue weighted by molar-refractivity contribution is -0.0639. The molecule has 0 unspecified atom stereocenters. The number of nitrogens with one attached hydrogen (secondary N) is 1. The van der Waals surface area contributed by atoms with Crippen molar-refractivity contribution >= 4 is 29.6 Å². The number of aryl methyl sites for hydroxylation is 3. The smallest absolute Gasteiger partial charge is 0.351 e. The highest BCUT2D eigenvalue weighted by atomic mass is 16.7. The van der Waals surface area contributed by atoms with Crippen LogP contribution in [0.15, 0.2) is 120 Å². The molecule has 5 aromatic rings. The minimum absolute atomic E-state index is 0.175. The van der Waals surface area contributed by atoms with Gasteiger partial charge in [-0.15, -0.1) is 0 Å². The fourth-order valence-electron chi connectivity index (χ4n) is 4.86. The van der Waals surface area contributed by atoms with Gasteiger partial charge < -0.3 is 24.3 Å². The van der Waals surface area contributed by atoms with Gasteiger partial charge in [-0.1, -0.05) is 71.3 Å². The third kappa shape index (κ3) is 8.31. The molecule has 0 bridgehead atoms. The topological polar surface area (TPSA) is 152 Å². The van der Waals surface area contributed by atoms with E-state index in [0.717, 1.165) is 29.0 Å². The summed E-state index contributed by atoms with van der Waals surface area (Å²) in [7, 11) is 0. The first-order valence-corrected chi connectivity index (χ1v) is 15.9. The highest BCUT2D eigenvalue weighted by molar-refractivity contribution is 6.03. The summed E-state index contributed by atoms with van der Waals surface area (Å²) in [5, 5.41) is 2.44. The van der Waals surface area contributed by atoms with Crippen LogP contribution in [-0.2, 0) is 18.9 Å². The Hall–Kier alpha value is -6.40. The van der Waals surface area contributed by atoms with Crippen molar-refractivity contribution in [3.05, 3.63) is 165 Å². The normalized spacial score (nSPS) is 23.8. The van der Waals surface area contributed by atoms with Crippen molar-refractivity contribution in [2.45, 2.75) is 45.2 Å². The first-order valence-electron chi connectivity index (χ1n) is 18.4. The van der Waals surface area contributed by atoms with Gasteiger partial charge >= 0.3 is 23.6 Å². The number of benzene rings is 4. The second-order valence-electron chi connectivity index (χ2n) is 11.7. The number of esters is 3. The predicted octanol–water partition coefficient (Wildman–Crippen LogP) is 5.63. The summed E-state index contributed by atoms with van der Waals surface area (Å²) < 4.78 is 69.4. The Morgan fingerprint density at radius 1 is 0.712 bits per heavy atom. The van der Waals surface area contributed by atoms with E-state index in [9.17, 15) is 28.1 Å². The molecule has 0 saturated carbocycles. The molecule has 52 heavy (non-hydrogen) atoms. The summed E-state index contributed by atoms with van der Waals surface area (Å²) in [4.78, 5) is 71.4. The van der Waals surface area contributed by atoms with E-state index in [0.29, 0.717) is 4.57 Å². The average molecular weight is 707 g/mol. The molecule has 4 atom stereocenters. The highest BCUT2D eigenvalue weighted by Crippen LogP contribution is 2.35. The fraction of sp³-hybridized carbons (Fsp3) is 0.200. The number of hydrogen-bond acceptors (Lipinski definition) is 10. The van der Waals surface area contributed by atoms with E-state index < -0.39 is 60.5 Å². The van der Waals surface area contributed by atoms with Gasteiger partial charge in [0.15, 0.2) is 18.4 Å². The molecule has 1 aliphatic rings. The number of amides is 1. The molecule has 4 aromatic carbocycles. The molecule has 0 aliphatic carbocycles. The Labute approximate surface area is 306 Å². The average Bonchev–Trinajstić information content (AvgIpc) is 3.34. The summed E-state index contributed by atoms with van der Waals surface area (Å²) in [6.07, 6.45) is -12.8. The molecular weight excluding hydrogens is 666 g/mol. The summed E-state index contributed by atoms with van der Waals surface area (Å²) in [6, 6.07) is 26.1. The van der Waals surface area contributed by atoms with Crippen molar-refractivity contribution in [3.63, 3.8) is 0 Å². The Bertz CT molecular complexity index is 2400. The molecule has 0 radical (unpaired) electrons. The van der Waals surface area contributed by atoms with Crippen LogP contribution in [0.5, 0.6) is 0 Å². The molecule has 0 spiro atoms. The Kier molecular flexibility index (Phi) is 8.83. The van der Waals surface area contributed by atoms with E-state index in [1.165, 1.54) is 84.9 Å². The van der Waals surface area contributed by atoms with Gasteiger partial charge in [0.05, 0.1) is 23.5 Å². The van der Waals surface area contributed by atoms with Crippen molar-refractivity contribution in [2.24, 2.45) is 0 Å². The molecule has 12 nitrogen and oxygen atoms in total. The van der Waals surface area contributed by atoms with E-state index in [1.54, 1.807) is 39.0 Å². The van der Waals surface area contributed by atoms with Crippen LogP contribution in [0.2, 0.25) is 0 Å². The number of rotatable bonds is 10. The zero-order valence-electron chi connectivity index (χ0n) is 33.1. The van der Waals surface area contributed by atoms with Crippen molar-refractivity contribution in [1.29, 1.82) is 0 Å². The van der Waals surface area contributed by atoms with Gasteiger partial charge in [0.1, 0.15) is 18.5 Å². The summed E-state index contributed by atoms with van der Waals surface area (Å²) >= 11 is 0. The van der Waals surface area contributed by atoms with Gasteiger partial charge in [0.25, 0.3) is 5.91 Å². The Morgan fingerprint density at radius 3 is 1.73 bits per heavy atom. The van der Waals surface area contributed by atoms with Crippen LogP contribution >= 0.6 is 0 Å². The largest absolute Gasteiger partial charge is 0.459 e. The summed E-state index contributed by atoms with van der Waals surface area (Å²) in [5.41, 5.74) is 0.560. The number of anilines is 1. The summed E-state index contributed by atoms with van der Waals surface area (Å²) in [5.74, 6) is -4.97. The zero-order chi connectivity index (χ0) is 41.3. The number of hydrogen-bond donors (Lipinski definition) is 1. The van der Waals surface area contributed by atoms with E-state index in [-0.39, 0.29) is 28.1 Å². The number of nitrogens with zero attached hydrogens (tertiary/aromatic N) is 2. The lowest BCUT2D eigenvalue weighted by Crippen LogP contribution is -2.42. The molecule has 1 saturated heterocycles. The second-order valence-corrected chi connectivity index (χ2v) is 11.7. The fourth-order valence-corrected chi connectivity index (χ4v) is 4.86. The minimum atomic E-state index is -3.82. The van der Waals surface area contributed by atoms with Crippen LogP contribution in [0.25, 0.3) is 0 Å². The van der Waals surface area contributed by atoms with Crippen LogP contribution in [0.4, 0.5) is 5.82 Å². The molecule has 1 aromatic heterocycles. The van der Waals surface area contributed by atoms with Crippen molar-refractivity contribution in [3.8, 4) is 0 Å². The number of carbonyl (C=O) groups is 4. The van der Waals surface area contributed by atoms with E-state index in [4.69, 9.17) is 21.7 Å². The van der Waals surface area contributed by atoms with Gasteiger partial charge in [-0.3, -0.25) is 9.36 Å². The van der Waals surface area contributed by atoms with Gasteiger partial charge in [-0.25, -0.2) is 19.2 Å². The molecule has 6 rings (SSSR count). The van der Waals surface area contributed by atoms with Crippen LogP contribution < -0.4 is 11.0 Å². The maximum Gasteiger partial charge on any atom is 0.351 e. The maximum atomic E-state index is 13.8. The van der Waals surface area contributed by atoms with Gasteiger partial charge in [-0.2, -0.15) is 4.98 Å². The van der Waals surface area contributed by atoms with E-state index >= 15 is 0 Å². The SMILES string of the molecule is [2H]C([2H])(OC(=O)c1ccc(C)cc1)[C@@]1([2H])O[C@@H](n2ccc(NC(=O)c3ccccc3)nc2=O)[C@]([2H])(OC(=O)c2ccc(C)cc2)[C@]1([2H])OC(=O)c1ccc(C)cc1. The van der Waals surface area contributed by atoms with Crippen LogP contribution in [-0.4, -0.2) is 58.2 Å². The zero-order valence-corrected chi connectivity index (χ0v) is 28.1. The minimum Gasteiger partial charge on any atom is -0.459 e. The molecule has 1 N–H and O–H groups in total. The quantitative estimate of drug-likeness (QED) is 0.143. The molecule has 1 fully saturated rings. The second kappa shape index (κ2) is 15.7. The molecule has 1 aliphatic heterocycles. The van der Waals surface area contributed by atoms with Crippen LogP contribution in [0.1, 0.15) is 71.2 Å². The molecule has 264 valence electrons. The maximum absolute atomic E-state index is 13.8. The van der Waals surface area contributed by atoms with Gasteiger partial charge in [0, 0.05) is 11.8 Å². The molecule has 2 heterocycles. The van der Waals surface area contributed by atoms with Crippen molar-refractivity contribution < 1.29 is 45.0 Å². The van der Waals surface area contributed by atoms with Crippen LogP contribution in [0, 0.1) is 20.8 Å². The molecular formula is C40H35N3O9. The van der Waals surface area contributed by atoms with E-state index in [1.807, 2.05) is 0 Å². The van der Waals surface area contributed by atoms with Crippen LogP contribution in [0.3, 0.4) is 0 Å². The lowest BCUT2D eigenvalue weighted by Gasteiger charge is -2.25. The Morgan fingerprint density at radius 2 is 1.21 bits per heavy atom. The molecule has 1 amide bonds.